The molecule has 2 fully saturated rings. The monoisotopic (exact) mass is 300 g/mol. The molecule has 2 saturated heterocycles. The number of carbonyl (C=O) groups excluding carboxylic acids is 1. The number of urea groups is 1. The molecule has 1 atom stereocenters. The summed E-state index contributed by atoms with van der Waals surface area (Å²) in [5.74, 6) is 1.86. The molecule has 0 bridgehead atoms. The summed E-state index contributed by atoms with van der Waals surface area (Å²) >= 11 is 1.95. The number of rotatable bonds is 4. The van der Waals surface area contributed by atoms with Gasteiger partial charge in [0.05, 0.1) is 0 Å². The molecule has 0 spiro atoms. The van der Waals surface area contributed by atoms with Crippen molar-refractivity contribution in [3.8, 4) is 0 Å². The van der Waals surface area contributed by atoms with E-state index in [1.165, 1.54) is 0 Å². The summed E-state index contributed by atoms with van der Waals surface area (Å²) < 4.78 is 0. The first-order valence-corrected chi connectivity index (χ1v) is 8.65. The highest BCUT2D eigenvalue weighted by molar-refractivity contribution is 7.99. The Labute approximate surface area is 124 Å². The third-order valence-electron chi connectivity index (χ3n) is 4.12. The van der Waals surface area contributed by atoms with Crippen LogP contribution >= 0.6 is 11.8 Å². The summed E-state index contributed by atoms with van der Waals surface area (Å²) in [6.45, 7) is 1.51. The van der Waals surface area contributed by atoms with Crippen molar-refractivity contribution in [3.63, 3.8) is 0 Å². The maximum absolute atomic E-state index is 12.2. The average molecular weight is 300 g/mol. The molecule has 0 aliphatic carbocycles. The molecule has 0 saturated carbocycles. The molecule has 0 aromatic rings. The Balaban J connectivity index is 1.75. The summed E-state index contributed by atoms with van der Waals surface area (Å²) in [4.78, 5) is 24.7. The van der Waals surface area contributed by atoms with Crippen molar-refractivity contribution >= 4 is 23.8 Å². The molecular weight excluding hydrogens is 276 g/mol. The number of carboxylic acids is 1. The van der Waals surface area contributed by atoms with E-state index in [9.17, 15) is 9.59 Å². The van der Waals surface area contributed by atoms with Crippen molar-refractivity contribution in [2.45, 2.75) is 44.6 Å². The van der Waals surface area contributed by atoms with Crippen LogP contribution in [0.4, 0.5) is 4.79 Å². The number of thioether (sulfide) groups is 1. The molecule has 114 valence electrons. The van der Waals surface area contributed by atoms with Gasteiger partial charge in [0.1, 0.15) is 0 Å². The minimum absolute atomic E-state index is 0.0434. The van der Waals surface area contributed by atoms with Gasteiger partial charge in [-0.15, -0.1) is 0 Å². The van der Waals surface area contributed by atoms with Crippen LogP contribution in [-0.4, -0.2) is 52.6 Å². The predicted molar refractivity (Wildman–Crippen MR) is 80.0 cm³/mol. The van der Waals surface area contributed by atoms with Gasteiger partial charge in [0, 0.05) is 25.6 Å². The lowest BCUT2D eigenvalue weighted by molar-refractivity contribution is -0.137. The number of amides is 2. The first kappa shape index (κ1) is 15.5. The molecule has 2 aliphatic heterocycles. The Morgan fingerprint density at radius 2 is 2.00 bits per heavy atom. The Morgan fingerprint density at radius 3 is 2.70 bits per heavy atom. The average Bonchev–Trinajstić information content (AvgIpc) is 2.46. The van der Waals surface area contributed by atoms with E-state index in [4.69, 9.17) is 5.11 Å². The normalized spacial score (nSPS) is 24.4. The zero-order valence-corrected chi connectivity index (χ0v) is 12.7. The molecule has 2 N–H and O–H groups in total. The smallest absolute Gasteiger partial charge is 0.317 e. The summed E-state index contributed by atoms with van der Waals surface area (Å²) in [5, 5.41) is 11.9. The molecule has 0 aromatic carbocycles. The molecular formula is C14H24N2O3S. The standard InChI is InChI=1S/C14H24N2O3S/c17-13(18)4-3-11-2-1-7-16(10-11)14(19)15-12-5-8-20-9-6-12/h11-12H,1-10H2,(H,15,19)(H,17,18). The van der Waals surface area contributed by atoms with Crippen molar-refractivity contribution in [3.05, 3.63) is 0 Å². The first-order chi connectivity index (χ1) is 9.65. The Morgan fingerprint density at radius 1 is 1.25 bits per heavy atom. The number of hydrogen-bond acceptors (Lipinski definition) is 3. The Bertz CT molecular complexity index is 345. The number of hydrogen-bond donors (Lipinski definition) is 2. The number of likely N-dealkylation sites (tertiary alicyclic amines) is 1. The number of carbonyl (C=O) groups is 2. The minimum Gasteiger partial charge on any atom is -0.481 e. The quantitative estimate of drug-likeness (QED) is 0.835. The lowest BCUT2D eigenvalue weighted by Gasteiger charge is -2.34. The molecule has 5 nitrogen and oxygen atoms in total. The van der Waals surface area contributed by atoms with Crippen molar-refractivity contribution < 1.29 is 14.7 Å². The summed E-state index contributed by atoms with van der Waals surface area (Å²) in [5.41, 5.74) is 0. The van der Waals surface area contributed by atoms with Gasteiger partial charge < -0.3 is 15.3 Å². The van der Waals surface area contributed by atoms with Crippen LogP contribution < -0.4 is 5.32 Å². The number of piperidine rings is 1. The van der Waals surface area contributed by atoms with Gasteiger partial charge >= 0.3 is 12.0 Å². The van der Waals surface area contributed by atoms with E-state index in [1.54, 1.807) is 0 Å². The highest BCUT2D eigenvalue weighted by Gasteiger charge is 2.25. The molecule has 0 radical (unpaired) electrons. The topological polar surface area (TPSA) is 69.6 Å². The summed E-state index contributed by atoms with van der Waals surface area (Å²) in [6, 6.07) is 0.366. The van der Waals surface area contributed by atoms with Crippen LogP contribution in [0.25, 0.3) is 0 Å². The fourth-order valence-corrected chi connectivity index (χ4v) is 4.03. The van der Waals surface area contributed by atoms with E-state index < -0.39 is 5.97 Å². The second-order valence-corrected chi connectivity index (χ2v) is 6.95. The van der Waals surface area contributed by atoms with E-state index in [2.05, 4.69) is 5.32 Å². The van der Waals surface area contributed by atoms with Crippen LogP contribution in [0.5, 0.6) is 0 Å². The summed E-state index contributed by atoms with van der Waals surface area (Å²) in [7, 11) is 0. The fourth-order valence-electron chi connectivity index (χ4n) is 2.92. The van der Waals surface area contributed by atoms with Gasteiger partial charge in [0.25, 0.3) is 0 Å². The fraction of sp³-hybridized carbons (Fsp3) is 0.857. The van der Waals surface area contributed by atoms with Gasteiger partial charge in [-0.3, -0.25) is 4.79 Å². The van der Waals surface area contributed by atoms with Crippen LogP contribution in [-0.2, 0) is 4.79 Å². The highest BCUT2D eigenvalue weighted by Crippen LogP contribution is 2.22. The van der Waals surface area contributed by atoms with E-state index in [1.807, 2.05) is 16.7 Å². The van der Waals surface area contributed by atoms with Gasteiger partial charge in [-0.25, -0.2) is 4.79 Å². The van der Waals surface area contributed by atoms with Gasteiger partial charge in [-0.2, -0.15) is 11.8 Å². The first-order valence-electron chi connectivity index (χ1n) is 7.50. The maximum atomic E-state index is 12.2. The second kappa shape index (κ2) is 7.76. The number of aliphatic carboxylic acids is 1. The van der Waals surface area contributed by atoms with Crippen LogP contribution in [0.1, 0.15) is 38.5 Å². The molecule has 6 heteroatoms. The summed E-state index contributed by atoms with van der Waals surface area (Å²) in [6.07, 6.45) is 5.04. The van der Waals surface area contributed by atoms with E-state index >= 15 is 0 Å². The van der Waals surface area contributed by atoms with Crippen molar-refractivity contribution in [1.29, 1.82) is 0 Å². The molecule has 2 rings (SSSR count). The van der Waals surface area contributed by atoms with Gasteiger partial charge in [0.15, 0.2) is 0 Å². The lowest BCUT2D eigenvalue weighted by Crippen LogP contribution is -2.49. The third kappa shape index (κ3) is 4.89. The number of carboxylic acid groups (broad SMARTS) is 1. The molecule has 2 amide bonds. The molecule has 20 heavy (non-hydrogen) atoms. The number of nitrogens with one attached hydrogen (secondary N) is 1. The Kier molecular flexibility index (Phi) is 6.01. The molecule has 0 aromatic heterocycles. The van der Waals surface area contributed by atoms with Crippen LogP contribution in [0.15, 0.2) is 0 Å². The molecule has 1 unspecified atom stereocenters. The van der Waals surface area contributed by atoms with Crippen LogP contribution in [0.2, 0.25) is 0 Å². The molecule has 2 aliphatic rings. The second-order valence-electron chi connectivity index (χ2n) is 5.72. The van der Waals surface area contributed by atoms with E-state index in [0.717, 1.165) is 43.7 Å². The van der Waals surface area contributed by atoms with E-state index in [-0.39, 0.29) is 12.5 Å². The lowest BCUT2D eigenvalue weighted by atomic mass is 9.93. The zero-order chi connectivity index (χ0) is 14.4. The zero-order valence-electron chi connectivity index (χ0n) is 11.8. The van der Waals surface area contributed by atoms with Gasteiger partial charge in [-0.1, -0.05) is 0 Å². The van der Waals surface area contributed by atoms with Crippen LogP contribution in [0.3, 0.4) is 0 Å². The van der Waals surface area contributed by atoms with Crippen molar-refractivity contribution in [1.82, 2.24) is 10.2 Å². The predicted octanol–water partition coefficient (Wildman–Crippen LogP) is 2.17. The third-order valence-corrected chi connectivity index (χ3v) is 5.17. The SMILES string of the molecule is O=C(O)CCC1CCCN(C(=O)NC2CCSCC2)C1. The van der Waals surface area contributed by atoms with E-state index in [0.29, 0.717) is 24.9 Å². The van der Waals surface area contributed by atoms with Crippen LogP contribution in [0, 0.1) is 5.92 Å². The Hall–Kier alpha value is -0.910. The largest absolute Gasteiger partial charge is 0.481 e. The van der Waals surface area contributed by atoms with Crippen molar-refractivity contribution in [2.24, 2.45) is 5.92 Å². The minimum atomic E-state index is -0.744. The molecule has 2 heterocycles. The highest BCUT2D eigenvalue weighted by atomic mass is 32.2. The van der Waals surface area contributed by atoms with Crippen molar-refractivity contribution in [2.75, 3.05) is 24.6 Å². The number of nitrogens with zero attached hydrogens (tertiary/aromatic N) is 1. The maximum Gasteiger partial charge on any atom is 0.317 e. The van der Waals surface area contributed by atoms with Gasteiger partial charge in [-0.05, 0) is 49.5 Å². The van der Waals surface area contributed by atoms with Gasteiger partial charge in [0.2, 0.25) is 0 Å².